The van der Waals surface area contributed by atoms with Gasteiger partial charge in [0.25, 0.3) is 0 Å². The molecule has 2 heteroatoms. The van der Waals surface area contributed by atoms with Crippen LogP contribution in [0.5, 0.6) is 0 Å². The second kappa shape index (κ2) is 4.48. The predicted molar refractivity (Wildman–Crippen MR) is 74.0 cm³/mol. The SMILES string of the molecule is CC(C)(C)N=C(SC(C)(C)C)C(C)(C)C. The zero-order chi connectivity index (χ0) is 12.5. The largest absolute Gasteiger partial charge is 0.277 e. The molecule has 0 aromatic rings. The maximum Gasteiger partial charge on any atom is 0.0741 e. The van der Waals surface area contributed by atoms with Gasteiger partial charge in [-0.2, -0.15) is 0 Å². The van der Waals surface area contributed by atoms with E-state index in [9.17, 15) is 0 Å². The summed E-state index contributed by atoms with van der Waals surface area (Å²) < 4.78 is 0.233. The Bertz CT molecular complexity index is 233. The molecule has 0 aliphatic heterocycles. The summed E-state index contributed by atoms with van der Waals surface area (Å²) in [5.74, 6) is 0. The second-order valence-electron chi connectivity index (χ2n) is 7.05. The maximum absolute atomic E-state index is 4.85. The number of aliphatic imine (C=N–C) groups is 1. The molecule has 0 fully saturated rings. The third-order valence-corrected chi connectivity index (χ3v) is 2.99. The molecular weight excluding hydrogens is 202 g/mol. The van der Waals surface area contributed by atoms with E-state index in [0.29, 0.717) is 0 Å². The highest BCUT2D eigenvalue weighted by Gasteiger charge is 2.26. The van der Waals surface area contributed by atoms with Crippen molar-refractivity contribution in [2.45, 2.75) is 72.6 Å². The zero-order valence-corrected chi connectivity index (χ0v) is 12.7. The van der Waals surface area contributed by atoms with Crippen LogP contribution in [0.1, 0.15) is 62.3 Å². The fourth-order valence-electron chi connectivity index (χ4n) is 0.938. The Morgan fingerprint density at radius 3 is 1.40 bits per heavy atom. The molecule has 90 valence electrons. The fourth-order valence-corrected chi connectivity index (χ4v) is 2.14. The summed E-state index contributed by atoms with van der Waals surface area (Å²) in [5.41, 5.74) is 0.159. The number of thioether (sulfide) groups is 1. The van der Waals surface area contributed by atoms with Crippen LogP contribution < -0.4 is 0 Å². The highest BCUT2D eigenvalue weighted by Crippen LogP contribution is 2.34. The van der Waals surface area contributed by atoms with E-state index in [0.717, 1.165) is 0 Å². The van der Waals surface area contributed by atoms with Crippen molar-refractivity contribution < 1.29 is 0 Å². The van der Waals surface area contributed by atoms with E-state index in [1.807, 2.05) is 11.8 Å². The zero-order valence-electron chi connectivity index (χ0n) is 11.9. The first-order valence-electron chi connectivity index (χ1n) is 5.61. The Labute approximate surface area is 100 Å². The van der Waals surface area contributed by atoms with Crippen molar-refractivity contribution >= 4 is 16.8 Å². The Kier molecular flexibility index (Phi) is 4.49. The molecule has 0 unspecified atom stereocenters. The van der Waals surface area contributed by atoms with Gasteiger partial charge in [-0.3, -0.25) is 4.99 Å². The van der Waals surface area contributed by atoms with Gasteiger partial charge in [-0.25, -0.2) is 0 Å². The molecule has 0 aliphatic carbocycles. The smallest absolute Gasteiger partial charge is 0.0741 e. The minimum atomic E-state index is 0.0147. The Morgan fingerprint density at radius 2 is 1.20 bits per heavy atom. The molecule has 0 saturated carbocycles. The average Bonchev–Trinajstić information content (AvgIpc) is 1.75. The number of hydrogen-bond acceptors (Lipinski definition) is 2. The third kappa shape index (κ3) is 7.89. The lowest BCUT2D eigenvalue weighted by atomic mass is 9.97. The number of rotatable bonds is 0. The van der Waals surface area contributed by atoms with Crippen LogP contribution in [-0.2, 0) is 0 Å². The van der Waals surface area contributed by atoms with Crippen LogP contribution in [0.2, 0.25) is 0 Å². The van der Waals surface area contributed by atoms with E-state index in [2.05, 4.69) is 62.3 Å². The summed E-state index contributed by atoms with van der Waals surface area (Å²) >= 11 is 1.89. The summed E-state index contributed by atoms with van der Waals surface area (Å²) in [6.07, 6.45) is 0. The van der Waals surface area contributed by atoms with Crippen molar-refractivity contribution in [3.8, 4) is 0 Å². The monoisotopic (exact) mass is 229 g/mol. The number of nitrogens with zero attached hydrogens (tertiary/aromatic N) is 1. The van der Waals surface area contributed by atoms with Gasteiger partial charge in [-0.15, -0.1) is 11.8 Å². The first-order valence-corrected chi connectivity index (χ1v) is 6.42. The predicted octanol–water partition coefficient (Wildman–Crippen LogP) is 4.76. The molecule has 0 amide bonds. The first kappa shape index (κ1) is 15.0. The van der Waals surface area contributed by atoms with Gasteiger partial charge in [0.05, 0.1) is 10.6 Å². The van der Waals surface area contributed by atoms with Crippen molar-refractivity contribution in [3.63, 3.8) is 0 Å². The Hall–Kier alpha value is 0.0200. The Balaban J connectivity index is 5.02. The van der Waals surface area contributed by atoms with E-state index in [-0.39, 0.29) is 15.7 Å². The molecule has 0 aliphatic rings. The molecule has 0 rings (SSSR count). The van der Waals surface area contributed by atoms with Gasteiger partial charge in [0.2, 0.25) is 0 Å². The van der Waals surface area contributed by atoms with Crippen LogP contribution in [0.15, 0.2) is 4.99 Å². The van der Waals surface area contributed by atoms with Gasteiger partial charge in [-0.05, 0) is 20.8 Å². The van der Waals surface area contributed by atoms with Crippen LogP contribution in [0.3, 0.4) is 0 Å². The molecule has 15 heavy (non-hydrogen) atoms. The Morgan fingerprint density at radius 1 is 0.800 bits per heavy atom. The molecule has 0 aromatic heterocycles. The lowest BCUT2D eigenvalue weighted by Crippen LogP contribution is -2.26. The summed E-state index contributed by atoms with van der Waals surface area (Å²) in [6.45, 7) is 19.9. The van der Waals surface area contributed by atoms with Crippen molar-refractivity contribution in [3.05, 3.63) is 0 Å². The van der Waals surface area contributed by atoms with E-state index >= 15 is 0 Å². The van der Waals surface area contributed by atoms with Crippen LogP contribution in [-0.4, -0.2) is 15.3 Å². The molecular formula is C13H27NS. The fraction of sp³-hybridized carbons (Fsp3) is 0.923. The van der Waals surface area contributed by atoms with Gasteiger partial charge in [0, 0.05) is 10.2 Å². The van der Waals surface area contributed by atoms with E-state index in [1.54, 1.807) is 0 Å². The van der Waals surface area contributed by atoms with Gasteiger partial charge >= 0.3 is 0 Å². The van der Waals surface area contributed by atoms with Crippen LogP contribution in [0.25, 0.3) is 0 Å². The molecule has 0 radical (unpaired) electrons. The molecule has 0 saturated heterocycles. The van der Waals surface area contributed by atoms with Crippen LogP contribution in [0.4, 0.5) is 0 Å². The standard InChI is InChI=1S/C13H27NS/c1-11(2,3)10(14-12(4,5)6)15-13(7,8)9/h1-9H3. The van der Waals surface area contributed by atoms with E-state index < -0.39 is 0 Å². The van der Waals surface area contributed by atoms with Gasteiger partial charge in [0.1, 0.15) is 0 Å². The van der Waals surface area contributed by atoms with E-state index in [4.69, 9.17) is 4.99 Å². The van der Waals surface area contributed by atoms with Crippen molar-refractivity contribution in [2.75, 3.05) is 0 Å². The highest BCUT2D eigenvalue weighted by atomic mass is 32.2. The molecule has 0 aromatic carbocycles. The molecule has 0 spiro atoms. The summed E-state index contributed by atoms with van der Waals surface area (Å²) in [4.78, 5) is 4.85. The average molecular weight is 229 g/mol. The molecule has 0 heterocycles. The molecule has 0 atom stereocenters. The summed E-state index contributed by atoms with van der Waals surface area (Å²) in [6, 6.07) is 0. The normalized spacial score (nSPS) is 15.7. The van der Waals surface area contributed by atoms with Gasteiger partial charge in [0.15, 0.2) is 0 Å². The lowest BCUT2D eigenvalue weighted by molar-refractivity contribution is 0.548. The van der Waals surface area contributed by atoms with Crippen LogP contribution in [0, 0.1) is 5.41 Å². The minimum absolute atomic E-state index is 0.0147. The van der Waals surface area contributed by atoms with Crippen molar-refractivity contribution in [1.29, 1.82) is 0 Å². The van der Waals surface area contributed by atoms with Crippen LogP contribution >= 0.6 is 11.8 Å². The lowest BCUT2D eigenvalue weighted by Gasteiger charge is -2.30. The number of hydrogen-bond donors (Lipinski definition) is 0. The summed E-state index contributed by atoms with van der Waals surface area (Å²) in [7, 11) is 0. The van der Waals surface area contributed by atoms with Crippen molar-refractivity contribution in [1.82, 2.24) is 0 Å². The maximum atomic E-state index is 4.85. The summed E-state index contributed by atoms with van der Waals surface area (Å²) in [5, 5.41) is 1.25. The van der Waals surface area contributed by atoms with Gasteiger partial charge in [-0.1, -0.05) is 41.5 Å². The van der Waals surface area contributed by atoms with Gasteiger partial charge < -0.3 is 0 Å². The van der Waals surface area contributed by atoms with Crippen molar-refractivity contribution in [2.24, 2.45) is 10.4 Å². The topological polar surface area (TPSA) is 12.4 Å². The highest BCUT2D eigenvalue weighted by molar-refractivity contribution is 8.15. The molecule has 1 nitrogen and oxygen atoms in total. The molecule has 0 N–H and O–H groups in total. The minimum Gasteiger partial charge on any atom is -0.277 e. The molecule has 0 bridgehead atoms. The first-order chi connectivity index (χ1) is 6.31. The second-order valence-corrected chi connectivity index (χ2v) is 8.87. The quantitative estimate of drug-likeness (QED) is 0.431. The third-order valence-electron chi connectivity index (χ3n) is 1.48. The van der Waals surface area contributed by atoms with E-state index in [1.165, 1.54) is 5.04 Å².